The van der Waals surface area contributed by atoms with Crippen LogP contribution in [-0.4, -0.2) is 78.0 Å². The molecule has 11 atom stereocenters. The zero-order valence-corrected chi connectivity index (χ0v) is 22.1. The van der Waals surface area contributed by atoms with Gasteiger partial charge in [0.15, 0.2) is 6.29 Å². The van der Waals surface area contributed by atoms with Crippen molar-refractivity contribution in [3.63, 3.8) is 0 Å². The van der Waals surface area contributed by atoms with E-state index in [0.717, 1.165) is 32.2 Å². The van der Waals surface area contributed by atoms with Crippen LogP contribution < -0.4 is 0 Å². The zero-order chi connectivity index (χ0) is 24.9. The summed E-state index contributed by atoms with van der Waals surface area (Å²) in [6.07, 6.45) is 1.13. The molecule has 0 spiro atoms. The standard InChI is InChI=1S/C26H49NO6/c1-15-9-17(3)13-27(8)21(7)24(29)22(28)14-31-26(30)20(6)25(18(4)10-15)33-23-12-16(2)11-19(5)32-23/h15-25,28-29H,9-14H2,1-8H3/t15?,16?,17-,18-,19+,20?,21?,22?,23+,24?,25+/m1/s1. The second-order valence-electron chi connectivity index (χ2n) is 11.4. The number of hydrogen-bond donors (Lipinski definition) is 2. The van der Waals surface area contributed by atoms with Crippen molar-refractivity contribution in [2.45, 2.75) is 111 Å². The fourth-order valence-electron chi connectivity index (χ4n) is 5.77. The molecule has 0 amide bonds. The lowest BCUT2D eigenvalue weighted by Crippen LogP contribution is -2.48. The van der Waals surface area contributed by atoms with Crippen LogP contribution in [0.5, 0.6) is 0 Å². The van der Waals surface area contributed by atoms with Gasteiger partial charge in [0.25, 0.3) is 0 Å². The molecule has 2 saturated heterocycles. The number of carbonyl (C=O) groups is 1. The van der Waals surface area contributed by atoms with Crippen molar-refractivity contribution in [2.24, 2.45) is 29.6 Å². The number of nitrogens with zero attached hydrogens (tertiary/aromatic N) is 1. The summed E-state index contributed by atoms with van der Waals surface area (Å²) >= 11 is 0. The van der Waals surface area contributed by atoms with Gasteiger partial charge in [0, 0.05) is 19.0 Å². The van der Waals surface area contributed by atoms with Crippen molar-refractivity contribution in [1.82, 2.24) is 4.90 Å². The molecule has 6 unspecified atom stereocenters. The van der Waals surface area contributed by atoms with E-state index >= 15 is 0 Å². The van der Waals surface area contributed by atoms with Gasteiger partial charge in [-0.2, -0.15) is 0 Å². The van der Waals surface area contributed by atoms with Gasteiger partial charge in [-0.05, 0) is 70.8 Å². The Kier molecular flexibility index (Phi) is 11.1. The second kappa shape index (κ2) is 12.8. The minimum atomic E-state index is -1.14. The number of esters is 1. The molecule has 7 nitrogen and oxygen atoms in total. The Morgan fingerprint density at radius 3 is 2.18 bits per heavy atom. The van der Waals surface area contributed by atoms with Crippen LogP contribution in [0.15, 0.2) is 0 Å². The van der Waals surface area contributed by atoms with Gasteiger partial charge in [-0.25, -0.2) is 0 Å². The van der Waals surface area contributed by atoms with E-state index in [1.807, 2.05) is 20.9 Å². The molecule has 0 radical (unpaired) electrons. The molecule has 0 saturated carbocycles. The van der Waals surface area contributed by atoms with E-state index in [0.29, 0.717) is 17.8 Å². The molecule has 0 bridgehead atoms. The molecule has 0 aromatic rings. The van der Waals surface area contributed by atoms with E-state index in [-0.39, 0.29) is 37.1 Å². The Morgan fingerprint density at radius 2 is 1.55 bits per heavy atom. The molecule has 2 N–H and O–H groups in total. The average Bonchev–Trinajstić information content (AvgIpc) is 2.72. The Bertz CT molecular complexity index is 593. The highest BCUT2D eigenvalue weighted by Crippen LogP contribution is 2.32. The Hall–Kier alpha value is -0.730. The van der Waals surface area contributed by atoms with E-state index in [9.17, 15) is 15.0 Å². The summed E-state index contributed by atoms with van der Waals surface area (Å²) in [5.41, 5.74) is 0. The molecule has 0 aromatic carbocycles. The minimum Gasteiger partial charge on any atom is -0.463 e. The summed E-state index contributed by atoms with van der Waals surface area (Å²) in [7, 11) is 1.96. The maximum Gasteiger partial charge on any atom is 0.311 e. The van der Waals surface area contributed by atoms with Crippen LogP contribution in [0.3, 0.4) is 0 Å². The van der Waals surface area contributed by atoms with Crippen molar-refractivity contribution in [2.75, 3.05) is 20.2 Å². The highest BCUT2D eigenvalue weighted by atomic mass is 16.7. The van der Waals surface area contributed by atoms with Gasteiger partial charge in [0.1, 0.15) is 12.7 Å². The monoisotopic (exact) mass is 471 g/mol. The largest absolute Gasteiger partial charge is 0.463 e. The highest BCUT2D eigenvalue weighted by Gasteiger charge is 2.37. The van der Waals surface area contributed by atoms with Gasteiger partial charge >= 0.3 is 5.97 Å². The second-order valence-corrected chi connectivity index (χ2v) is 11.4. The van der Waals surface area contributed by atoms with Gasteiger partial charge < -0.3 is 29.3 Å². The third-order valence-corrected chi connectivity index (χ3v) is 7.61. The number of likely N-dealkylation sites (N-methyl/N-ethyl adjacent to an activating group) is 1. The summed E-state index contributed by atoms with van der Waals surface area (Å²) in [6, 6.07) is -0.249. The van der Waals surface area contributed by atoms with E-state index in [2.05, 4.69) is 39.5 Å². The summed E-state index contributed by atoms with van der Waals surface area (Å²) in [4.78, 5) is 15.0. The smallest absolute Gasteiger partial charge is 0.311 e. The zero-order valence-electron chi connectivity index (χ0n) is 22.1. The van der Waals surface area contributed by atoms with Crippen LogP contribution in [0.4, 0.5) is 0 Å². The first-order valence-corrected chi connectivity index (χ1v) is 12.9. The Balaban J connectivity index is 2.21. The van der Waals surface area contributed by atoms with Crippen molar-refractivity contribution in [3.8, 4) is 0 Å². The van der Waals surface area contributed by atoms with Gasteiger partial charge in [0.2, 0.25) is 0 Å². The first kappa shape index (κ1) is 28.5. The molecular formula is C26H49NO6. The molecule has 7 heteroatoms. The van der Waals surface area contributed by atoms with Gasteiger partial charge in [0.05, 0.1) is 24.2 Å². The van der Waals surface area contributed by atoms with Crippen molar-refractivity contribution >= 4 is 5.97 Å². The van der Waals surface area contributed by atoms with E-state index in [1.54, 1.807) is 0 Å². The van der Waals surface area contributed by atoms with Gasteiger partial charge in [-0.3, -0.25) is 4.79 Å². The van der Waals surface area contributed by atoms with Crippen molar-refractivity contribution < 1.29 is 29.2 Å². The third-order valence-electron chi connectivity index (χ3n) is 7.61. The molecule has 0 aliphatic carbocycles. The van der Waals surface area contributed by atoms with Crippen LogP contribution in [-0.2, 0) is 19.0 Å². The van der Waals surface area contributed by atoms with E-state index < -0.39 is 24.1 Å². The number of aliphatic hydroxyl groups excluding tert-OH is 2. The normalized spacial score (nSPS) is 45.6. The maximum atomic E-state index is 13.0. The predicted octanol–water partition coefficient (Wildman–Crippen LogP) is 3.46. The van der Waals surface area contributed by atoms with E-state index in [1.165, 1.54) is 0 Å². The molecule has 2 heterocycles. The lowest BCUT2D eigenvalue weighted by molar-refractivity contribution is -0.238. The molecule has 194 valence electrons. The van der Waals surface area contributed by atoms with E-state index in [4.69, 9.17) is 14.2 Å². The van der Waals surface area contributed by atoms with Gasteiger partial charge in [-0.15, -0.1) is 0 Å². The molecular weight excluding hydrogens is 422 g/mol. The van der Waals surface area contributed by atoms with Crippen molar-refractivity contribution in [1.29, 1.82) is 0 Å². The quantitative estimate of drug-likeness (QED) is 0.596. The Labute approximate surface area is 201 Å². The number of ether oxygens (including phenoxy) is 3. The van der Waals surface area contributed by atoms with Crippen molar-refractivity contribution in [3.05, 3.63) is 0 Å². The third kappa shape index (κ3) is 8.46. The van der Waals surface area contributed by atoms with Gasteiger partial charge in [-0.1, -0.05) is 27.7 Å². The lowest BCUT2D eigenvalue weighted by Gasteiger charge is -2.38. The lowest BCUT2D eigenvalue weighted by atomic mass is 9.83. The first-order chi connectivity index (χ1) is 15.4. The summed E-state index contributed by atoms with van der Waals surface area (Å²) in [6.45, 7) is 15.2. The maximum absolute atomic E-state index is 13.0. The van der Waals surface area contributed by atoms with Crippen LogP contribution in [0.25, 0.3) is 0 Å². The number of cyclic esters (lactones) is 1. The Morgan fingerprint density at radius 1 is 0.909 bits per heavy atom. The molecule has 2 fully saturated rings. The highest BCUT2D eigenvalue weighted by molar-refractivity contribution is 5.72. The fraction of sp³-hybridized carbons (Fsp3) is 0.962. The average molecular weight is 472 g/mol. The topological polar surface area (TPSA) is 88.5 Å². The number of aliphatic hydroxyl groups is 2. The van der Waals surface area contributed by atoms with Crippen LogP contribution in [0, 0.1) is 29.6 Å². The molecule has 2 aliphatic heterocycles. The summed E-state index contributed by atoms with van der Waals surface area (Å²) in [5.74, 6) is 0.630. The fourth-order valence-corrected chi connectivity index (χ4v) is 5.77. The number of rotatable bonds is 2. The molecule has 33 heavy (non-hydrogen) atoms. The summed E-state index contributed by atoms with van der Waals surface area (Å²) < 4.78 is 18.0. The van der Waals surface area contributed by atoms with Crippen LogP contribution in [0.1, 0.15) is 74.1 Å². The van der Waals surface area contributed by atoms with Crippen LogP contribution >= 0.6 is 0 Å². The molecule has 2 aliphatic rings. The SMILES string of the molecule is CC1C[C@@H](C)CN(C)C(C)C(O)C(O)COC(=O)C(C)[C@@H](O[C@H]2CC(C)C[C@H](C)O2)[C@H](C)C1. The van der Waals surface area contributed by atoms with Crippen LogP contribution in [0.2, 0.25) is 0 Å². The predicted molar refractivity (Wildman–Crippen MR) is 129 cm³/mol. The molecule has 2 rings (SSSR count). The summed E-state index contributed by atoms with van der Waals surface area (Å²) in [5, 5.41) is 21.1. The number of hydrogen-bond acceptors (Lipinski definition) is 7. The minimum absolute atomic E-state index is 0.133. The molecule has 0 aromatic heterocycles. The number of carbonyl (C=O) groups excluding carboxylic acids is 1. The first-order valence-electron chi connectivity index (χ1n) is 12.9.